The second-order valence-electron chi connectivity index (χ2n) is 1.59. The maximum absolute atomic E-state index is 10.6. The molecule has 0 aliphatic carbocycles. The highest BCUT2D eigenvalue weighted by molar-refractivity contribution is 14.1. The summed E-state index contributed by atoms with van der Waals surface area (Å²) in [5.74, 6) is -0.0110. The predicted molar refractivity (Wildman–Crippen MR) is 39.1 cm³/mol. The van der Waals surface area contributed by atoms with Crippen molar-refractivity contribution in [2.45, 2.75) is 10.8 Å². The van der Waals surface area contributed by atoms with E-state index in [9.17, 15) is 4.79 Å². The van der Waals surface area contributed by atoms with Crippen LogP contribution >= 0.6 is 22.6 Å². The summed E-state index contributed by atoms with van der Waals surface area (Å²) in [5, 5.41) is 3.71. The molecule has 0 aromatic heterocycles. The summed E-state index contributed by atoms with van der Waals surface area (Å²) >= 11 is 2.04. The molecule has 0 bridgehead atoms. The minimum absolute atomic E-state index is 0.0110. The van der Waals surface area contributed by atoms with Gasteiger partial charge in [0.15, 0.2) is 0 Å². The molecule has 3 nitrogen and oxygen atoms in total. The number of halogens is 1. The Morgan fingerprint density at radius 3 is 2.62 bits per heavy atom. The molecule has 1 rings (SSSR count). The number of nitrogens with zero attached hydrogens (tertiary/aromatic N) is 1. The van der Waals surface area contributed by atoms with Crippen molar-refractivity contribution in [3.8, 4) is 0 Å². The number of alkyl halides is 1. The molecule has 0 radical (unpaired) electrons. The van der Waals surface area contributed by atoms with Gasteiger partial charge in [0.1, 0.15) is 3.92 Å². The Labute approximate surface area is 60.7 Å². The van der Waals surface area contributed by atoms with Crippen LogP contribution in [-0.4, -0.2) is 15.5 Å². The van der Waals surface area contributed by atoms with Crippen molar-refractivity contribution >= 4 is 34.2 Å². The topological polar surface area (TPSA) is 41.5 Å². The molecule has 1 aliphatic rings. The molecule has 0 fully saturated rings. The second-order valence-corrected chi connectivity index (χ2v) is 2.84. The van der Waals surface area contributed by atoms with Crippen LogP contribution in [0.5, 0.6) is 0 Å². The molecule has 1 unspecified atom stereocenters. The van der Waals surface area contributed by atoms with Crippen molar-refractivity contribution in [2.24, 2.45) is 5.10 Å². The van der Waals surface area contributed by atoms with E-state index in [1.807, 2.05) is 29.5 Å². The Kier molecular flexibility index (Phi) is 1.50. The lowest BCUT2D eigenvalue weighted by molar-refractivity contribution is -0.118. The molecule has 1 amide bonds. The number of hydrogen-bond donors (Lipinski definition) is 1. The summed E-state index contributed by atoms with van der Waals surface area (Å²) in [5.41, 5.74) is 3.22. The zero-order valence-corrected chi connectivity index (χ0v) is 6.47. The van der Waals surface area contributed by atoms with E-state index in [0.29, 0.717) is 0 Å². The van der Waals surface area contributed by atoms with E-state index in [1.54, 1.807) is 0 Å². The third kappa shape index (κ3) is 0.841. The fourth-order valence-electron chi connectivity index (χ4n) is 0.446. The van der Waals surface area contributed by atoms with E-state index in [4.69, 9.17) is 0 Å². The second kappa shape index (κ2) is 2.00. The molecule has 0 saturated heterocycles. The van der Waals surface area contributed by atoms with Crippen molar-refractivity contribution < 1.29 is 4.79 Å². The summed E-state index contributed by atoms with van der Waals surface area (Å²) in [4.78, 5) is 10.6. The lowest BCUT2D eigenvalue weighted by atomic mass is 10.3. The zero-order valence-electron chi connectivity index (χ0n) is 4.31. The van der Waals surface area contributed by atoms with Gasteiger partial charge in [-0.3, -0.25) is 4.79 Å². The van der Waals surface area contributed by atoms with E-state index >= 15 is 0 Å². The molecule has 44 valence electrons. The lowest BCUT2D eigenvalue weighted by Crippen LogP contribution is -2.21. The number of carbonyl (C=O) groups is 1. The molecule has 1 atom stereocenters. The summed E-state index contributed by atoms with van der Waals surface area (Å²) in [6.45, 7) is 1.83. The van der Waals surface area contributed by atoms with Gasteiger partial charge >= 0.3 is 0 Å². The van der Waals surface area contributed by atoms with E-state index in [1.165, 1.54) is 0 Å². The molecule has 0 aromatic carbocycles. The molecule has 8 heavy (non-hydrogen) atoms. The normalized spacial score (nSPS) is 27.5. The fraction of sp³-hybridized carbons (Fsp3) is 0.500. The lowest BCUT2D eigenvalue weighted by Gasteiger charge is -1.91. The number of carbonyl (C=O) groups excluding carboxylic acids is 1. The van der Waals surface area contributed by atoms with E-state index in [2.05, 4.69) is 10.5 Å². The largest absolute Gasteiger partial charge is 0.272 e. The Morgan fingerprint density at radius 1 is 1.88 bits per heavy atom. The minimum Gasteiger partial charge on any atom is -0.272 e. The Balaban J connectivity index is 2.72. The Hall–Kier alpha value is -0.130. The summed E-state index contributed by atoms with van der Waals surface area (Å²) in [6, 6.07) is 0. The molecule has 0 aromatic rings. The summed E-state index contributed by atoms with van der Waals surface area (Å²) < 4.78 is -0.0485. The summed E-state index contributed by atoms with van der Waals surface area (Å²) in [7, 11) is 0. The maximum atomic E-state index is 10.6. The first-order valence-electron chi connectivity index (χ1n) is 2.20. The van der Waals surface area contributed by atoms with Gasteiger partial charge in [-0.15, -0.1) is 0 Å². The van der Waals surface area contributed by atoms with Gasteiger partial charge in [-0.2, -0.15) is 5.10 Å². The zero-order chi connectivity index (χ0) is 6.15. The minimum atomic E-state index is -0.0485. The van der Waals surface area contributed by atoms with Crippen molar-refractivity contribution in [1.82, 2.24) is 5.43 Å². The van der Waals surface area contributed by atoms with Crippen LogP contribution in [0.4, 0.5) is 0 Å². The standard InChI is InChI=1S/C4H5IN2O/c1-2-3(5)4(8)7-6-2/h3H,1H3,(H,7,8). The fourth-order valence-corrected chi connectivity index (χ4v) is 0.725. The van der Waals surface area contributed by atoms with E-state index in [-0.39, 0.29) is 9.83 Å². The highest BCUT2D eigenvalue weighted by Gasteiger charge is 2.22. The Bertz CT molecular complexity index is 154. The monoisotopic (exact) mass is 224 g/mol. The summed E-state index contributed by atoms with van der Waals surface area (Å²) in [6.07, 6.45) is 0. The van der Waals surface area contributed by atoms with Crippen LogP contribution in [0.15, 0.2) is 5.10 Å². The average molecular weight is 224 g/mol. The highest BCUT2D eigenvalue weighted by atomic mass is 127. The van der Waals surface area contributed by atoms with Crippen molar-refractivity contribution in [2.75, 3.05) is 0 Å². The van der Waals surface area contributed by atoms with Gasteiger partial charge in [-0.1, -0.05) is 22.6 Å². The SMILES string of the molecule is CC1=NNC(=O)C1I. The molecule has 1 N–H and O–H groups in total. The van der Waals surface area contributed by atoms with Crippen molar-refractivity contribution in [3.63, 3.8) is 0 Å². The van der Waals surface area contributed by atoms with Gasteiger partial charge in [0, 0.05) is 0 Å². The third-order valence-electron chi connectivity index (χ3n) is 0.939. The van der Waals surface area contributed by atoms with Crippen LogP contribution in [-0.2, 0) is 4.79 Å². The average Bonchev–Trinajstić information content (AvgIpc) is 1.98. The van der Waals surface area contributed by atoms with Crippen LogP contribution in [0.3, 0.4) is 0 Å². The van der Waals surface area contributed by atoms with Crippen molar-refractivity contribution in [1.29, 1.82) is 0 Å². The van der Waals surface area contributed by atoms with E-state index < -0.39 is 0 Å². The maximum Gasteiger partial charge on any atom is 0.258 e. The van der Waals surface area contributed by atoms with Crippen LogP contribution in [0.1, 0.15) is 6.92 Å². The quantitative estimate of drug-likeness (QED) is 0.466. The van der Waals surface area contributed by atoms with Gasteiger partial charge in [0.2, 0.25) is 0 Å². The van der Waals surface area contributed by atoms with E-state index in [0.717, 1.165) is 5.71 Å². The molecular weight excluding hydrogens is 219 g/mol. The van der Waals surface area contributed by atoms with Gasteiger partial charge in [-0.25, -0.2) is 5.43 Å². The smallest absolute Gasteiger partial charge is 0.258 e. The Morgan fingerprint density at radius 2 is 2.50 bits per heavy atom. The van der Waals surface area contributed by atoms with Crippen LogP contribution in [0, 0.1) is 0 Å². The predicted octanol–water partition coefficient (Wildman–Crippen LogP) is 0.296. The van der Waals surface area contributed by atoms with Crippen molar-refractivity contribution in [3.05, 3.63) is 0 Å². The van der Waals surface area contributed by atoms with Crippen LogP contribution in [0.25, 0.3) is 0 Å². The number of amides is 1. The van der Waals surface area contributed by atoms with Gasteiger partial charge in [0.05, 0.1) is 5.71 Å². The first kappa shape index (κ1) is 6.00. The third-order valence-corrected chi connectivity index (χ3v) is 2.41. The number of hydrogen-bond acceptors (Lipinski definition) is 2. The van der Waals surface area contributed by atoms with Gasteiger partial charge in [0.25, 0.3) is 5.91 Å². The molecule has 1 heterocycles. The van der Waals surface area contributed by atoms with Crippen LogP contribution < -0.4 is 5.43 Å². The first-order chi connectivity index (χ1) is 3.72. The number of rotatable bonds is 0. The molecule has 1 aliphatic heterocycles. The first-order valence-corrected chi connectivity index (χ1v) is 3.44. The molecule has 4 heteroatoms. The molecular formula is C4H5IN2O. The van der Waals surface area contributed by atoms with Gasteiger partial charge < -0.3 is 0 Å². The number of nitrogens with one attached hydrogen (secondary N) is 1. The molecule has 0 saturated carbocycles. The number of hydrazone groups is 1. The van der Waals surface area contributed by atoms with Crippen LogP contribution in [0.2, 0.25) is 0 Å². The van der Waals surface area contributed by atoms with Gasteiger partial charge in [-0.05, 0) is 6.92 Å². The molecule has 0 spiro atoms. The highest BCUT2D eigenvalue weighted by Crippen LogP contribution is 2.07.